The summed E-state index contributed by atoms with van der Waals surface area (Å²) in [6, 6.07) is 16.2. The zero-order chi connectivity index (χ0) is 19.4. The van der Waals surface area contributed by atoms with Crippen molar-refractivity contribution in [1.29, 1.82) is 0 Å². The van der Waals surface area contributed by atoms with Gasteiger partial charge >= 0.3 is 0 Å². The maximum atomic E-state index is 12.5. The van der Waals surface area contributed by atoms with Crippen molar-refractivity contribution in [1.82, 2.24) is 14.9 Å². The molecule has 3 N–H and O–H groups in total. The summed E-state index contributed by atoms with van der Waals surface area (Å²) in [5, 5.41) is 3.02. The Morgan fingerprint density at radius 2 is 1.71 bits per heavy atom. The van der Waals surface area contributed by atoms with E-state index in [9.17, 15) is 14.4 Å². The summed E-state index contributed by atoms with van der Waals surface area (Å²) in [6.07, 6.45) is 0. The molecule has 0 saturated carbocycles. The van der Waals surface area contributed by atoms with Crippen LogP contribution >= 0.6 is 11.3 Å². The van der Waals surface area contributed by atoms with Crippen LogP contribution in [0, 0.1) is 0 Å². The van der Waals surface area contributed by atoms with E-state index in [1.165, 1.54) is 4.57 Å². The van der Waals surface area contributed by atoms with Crippen LogP contribution in [-0.4, -0.2) is 21.4 Å². The third-order valence-electron chi connectivity index (χ3n) is 4.62. The highest BCUT2D eigenvalue weighted by atomic mass is 32.1. The van der Waals surface area contributed by atoms with Crippen molar-refractivity contribution in [2.45, 2.75) is 0 Å². The molecule has 7 nitrogen and oxygen atoms in total. The SMILES string of the molecule is Nc1c2c(cc(=O)n1-c1ccc(-c3nc4ccccc4s3)cc1)C(=O)NC2=O. The van der Waals surface area contributed by atoms with Crippen LogP contribution in [0.4, 0.5) is 5.82 Å². The number of hydrogen-bond donors (Lipinski definition) is 2. The number of imide groups is 1. The van der Waals surface area contributed by atoms with E-state index in [-0.39, 0.29) is 16.9 Å². The summed E-state index contributed by atoms with van der Waals surface area (Å²) < 4.78 is 2.32. The lowest BCUT2D eigenvalue weighted by molar-refractivity contribution is 0.0880. The minimum absolute atomic E-state index is 0.00912. The highest BCUT2D eigenvalue weighted by Gasteiger charge is 2.31. The zero-order valence-electron chi connectivity index (χ0n) is 14.3. The first-order chi connectivity index (χ1) is 13.5. The molecule has 0 fully saturated rings. The van der Waals surface area contributed by atoms with Crippen molar-refractivity contribution in [2.24, 2.45) is 0 Å². The quantitative estimate of drug-likeness (QED) is 0.513. The molecule has 28 heavy (non-hydrogen) atoms. The summed E-state index contributed by atoms with van der Waals surface area (Å²) in [7, 11) is 0. The Morgan fingerprint density at radius 3 is 2.46 bits per heavy atom. The number of carbonyl (C=O) groups is 2. The van der Waals surface area contributed by atoms with Gasteiger partial charge in [-0.15, -0.1) is 11.3 Å². The lowest BCUT2D eigenvalue weighted by atomic mass is 10.1. The predicted octanol–water partition coefficient (Wildman–Crippen LogP) is 2.58. The molecule has 136 valence electrons. The fourth-order valence-corrected chi connectivity index (χ4v) is 4.27. The average molecular weight is 388 g/mol. The summed E-state index contributed by atoms with van der Waals surface area (Å²) in [5.74, 6) is -1.27. The van der Waals surface area contributed by atoms with Crippen LogP contribution in [0.25, 0.3) is 26.5 Å². The first kappa shape index (κ1) is 16.4. The normalized spacial score (nSPS) is 13.0. The second-order valence-corrected chi connectivity index (χ2v) is 7.34. The number of nitrogens with two attached hydrogens (primary N) is 1. The number of fused-ring (bicyclic) bond motifs is 2. The van der Waals surface area contributed by atoms with Gasteiger partial charge in [-0.3, -0.25) is 24.3 Å². The number of hydrogen-bond acceptors (Lipinski definition) is 6. The van der Waals surface area contributed by atoms with Crippen LogP contribution < -0.4 is 16.6 Å². The Morgan fingerprint density at radius 1 is 0.964 bits per heavy atom. The molecule has 0 radical (unpaired) electrons. The minimum Gasteiger partial charge on any atom is -0.384 e. The molecule has 3 heterocycles. The van der Waals surface area contributed by atoms with Crippen molar-refractivity contribution in [2.75, 3.05) is 5.73 Å². The van der Waals surface area contributed by atoms with Crippen LogP contribution in [0.3, 0.4) is 0 Å². The molecule has 2 amide bonds. The van der Waals surface area contributed by atoms with Gasteiger partial charge in [0.1, 0.15) is 10.8 Å². The number of rotatable bonds is 2. The van der Waals surface area contributed by atoms with Gasteiger partial charge in [0.15, 0.2) is 0 Å². The van der Waals surface area contributed by atoms with E-state index in [1.54, 1.807) is 23.5 Å². The van der Waals surface area contributed by atoms with E-state index in [0.717, 1.165) is 26.9 Å². The molecule has 0 spiro atoms. The summed E-state index contributed by atoms with van der Waals surface area (Å²) in [6.45, 7) is 0. The molecule has 2 aromatic carbocycles. The smallest absolute Gasteiger partial charge is 0.262 e. The number of nitrogen functional groups attached to an aromatic ring is 1. The number of para-hydroxylation sites is 1. The van der Waals surface area contributed by atoms with Crippen LogP contribution in [0.5, 0.6) is 0 Å². The zero-order valence-corrected chi connectivity index (χ0v) is 15.1. The van der Waals surface area contributed by atoms with Crippen molar-refractivity contribution in [3.63, 3.8) is 0 Å². The molecule has 1 aliphatic heterocycles. The highest BCUT2D eigenvalue weighted by Crippen LogP contribution is 2.31. The molecule has 0 unspecified atom stereocenters. The van der Waals surface area contributed by atoms with Gasteiger partial charge in [0.2, 0.25) is 0 Å². The average Bonchev–Trinajstić information content (AvgIpc) is 3.23. The van der Waals surface area contributed by atoms with Crippen molar-refractivity contribution < 1.29 is 9.59 Å². The monoisotopic (exact) mass is 388 g/mol. The van der Waals surface area contributed by atoms with E-state index < -0.39 is 17.4 Å². The number of nitrogens with one attached hydrogen (secondary N) is 1. The standard InChI is InChI=1S/C20H12N4O3S/c21-17-16-12(18(26)23-19(16)27)9-15(25)24(17)11-7-5-10(6-8-11)20-22-13-3-1-2-4-14(13)28-20/h1-9H,21H2,(H,23,26,27). The van der Waals surface area contributed by atoms with Gasteiger partial charge in [-0.25, -0.2) is 4.98 Å². The minimum atomic E-state index is -0.609. The van der Waals surface area contributed by atoms with Crippen LogP contribution in [0.2, 0.25) is 0 Å². The number of aromatic nitrogens is 2. The topological polar surface area (TPSA) is 107 Å². The number of anilines is 1. The molecule has 8 heteroatoms. The Labute approximate surface area is 162 Å². The third kappa shape index (κ3) is 2.35. The fourth-order valence-electron chi connectivity index (χ4n) is 3.29. The third-order valence-corrected chi connectivity index (χ3v) is 5.71. The molecular weight excluding hydrogens is 376 g/mol. The summed E-state index contributed by atoms with van der Waals surface area (Å²) >= 11 is 1.58. The Kier molecular flexibility index (Phi) is 3.43. The Bertz CT molecular complexity index is 1320. The van der Waals surface area contributed by atoms with Gasteiger partial charge in [0.25, 0.3) is 17.4 Å². The maximum absolute atomic E-state index is 12.5. The van der Waals surface area contributed by atoms with Crippen LogP contribution in [0.15, 0.2) is 59.4 Å². The lowest BCUT2D eigenvalue weighted by Gasteiger charge is -2.12. The molecule has 5 rings (SSSR count). The Hall–Kier alpha value is -3.78. The number of pyridine rings is 1. The van der Waals surface area contributed by atoms with Gasteiger partial charge in [-0.05, 0) is 36.4 Å². The lowest BCUT2D eigenvalue weighted by Crippen LogP contribution is -2.24. The molecule has 0 atom stereocenters. The van der Waals surface area contributed by atoms with E-state index >= 15 is 0 Å². The molecule has 2 aromatic heterocycles. The summed E-state index contributed by atoms with van der Waals surface area (Å²) in [4.78, 5) is 40.9. The molecule has 0 aliphatic carbocycles. The molecule has 1 aliphatic rings. The predicted molar refractivity (Wildman–Crippen MR) is 107 cm³/mol. The van der Waals surface area contributed by atoms with Gasteiger partial charge in [0, 0.05) is 11.6 Å². The van der Waals surface area contributed by atoms with Crippen molar-refractivity contribution >= 4 is 39.2 Å². The first-order valence-electron chi connectivity index (χ1n) is 8.40. The number of benzene rings is 2. The molecule has 4 aromatic rings. The van der Waals surface area contributed by atoms with E-state index in [1.807, 2.05) is 36.4 Å². The molecular formula is C20H12N4O3S. The fraction of sp³-hybridized carbons (Fsp3) is 0. The highest BCUT2D eigenvalue weighted by molar-refractivity contribution is 7.21. The van der Waals surface area contributed by atoms with E-state index in [2.05, 4.69) is 10.3 Å². The van der Waals surface area contributed by atoms with Gasteiger partial charge in [-0.2, -0.15) is 0 Å². The second kappa shape index (κ2) is 5.86. The van der Waals surface area contributed by atoms with E-state index in [0.29, 0.717) is 5.69 Å². The number of nitrogens with zero attached hydrogens (tertiary/aromatic N) is 2. The van der Waals surface area contributed by atoms with Crippen LogP contribution in [-0.2, 0) is 0 Å². The maximum Gasteiger partial charge on any atom is 0.262 e. The van der Waals surface area contributed by atoms with Gasteiger partial charge in [0.05, 0.1) is 27.0 Å². The Balaban J connectivity index is 1.60. The largest absolute Gasteiger partial charge is 0.384 e. The van der Waals surface area contributed by atoms with Crippen molar-refractivity contribution in [3.8, 4) is 16.3 Å². The number of carbonyl (C=O) groups excluding carboxylic acids is 2. The second-order valence-electron chi connectivity index (χ2n) is 6.31. The van der Waals surface area contributed by atoms with E-state index in [4.69, 9.17) is 5.73 Å². The summed E-state index contributed by atoms with van der Waals surface area (Å²) in [5.41, 5.74) is 7.96. The number of amides is 2. The first-order valence-corrected chi connectivity index (χ1v) is 9.22. The van der Waals surface area contributed by atoms with Gasteiger partial charge in [-0.1, -0.05) is 12.1 Å². The van der Waals surface area contributed by atoms with Crippen LogP contribution in [0.1, 0.15) is 20.7 Å². The van der Waals surface area contributed by atoms with Gasteiger partial charge < -0.3 is 5.73 Å². The molecule has 0 saturated heterocycles. The number of thiazole rings is 1. The molecule has 0 bridgehead atoms. The van der Waals surface area contributed by atoms with Crippen molar-refractivity contribution in [3.05, 3.63) is 76.1 Å².